The van der Waals surface area contributed by atoms with Crippen LogP contribution in [0, 0.1) is 5.92 Å². The molecule has 2 unspecified atom stereocenters. The molecule has 1 aliphatic heterocycles. The minimum Gasteiger partial charge on any atom is -0.382 e. The summed E-state index contributed by atoms with van der Waals surface area (Å²) in [6.07, 6.45) is 2.38. The molecule has 1 saturated heterocycles. The summed E-state index contributed by atoms with van der Waals surface area (Å²) in [4.78, 5) is 10.8. The number of nitrogens with two attached hydrogens (primary N) is 1. The Labute approximate surface area is 119 Å². The van der Waals surface area contributed by atoms with Crippen molar-refractivity contribution in [3.63, 3.8) is 0 Å². The summed E-state index contributed by atoms with van der Waals surface area (Å²) in [7, 11) is 0. The Morgan fingerprint density at radius 2 is 1.95 bits per heavy atom. The number of carbonyl (C=O) groups excluding carboxylic acids is 1. The van der Waals surface area contributed by atoms with Crippen molar-refractivity contribution in [1.82, 2.24) is 0 Å². The van der Waals surface area contributed by atoms with Crippen LogP contribution in [0.15, 0.2) is 24.3 Å². The lowest BCUT2D eigenvalue weighted by Crippen LogP contribution is -2.36. The smallest absolute Gasteiger partial charge is 0.316 e. The summed E-state index contributed by atoms with van der Waals surface area (Å²) >= 11 is 0. The lowest BCUT2D eigenvalue weighted by molar-refractivity contribution is -0.0160. The molecule has 2 amide bonds. The molecule has 110 valence electrons. The molecule has 5 nitrogen and oxygen atoms in total. The van der Waals surface area contributed by atoms with E-state index in [1.807, 2.05) is 24.3 Å². The zero-order valence-corrected chi connectivity index (χ0v) is 12.1. The van der Waals surface area contributed by atoms with Gasteiger partial charge in [0.25, 0.3) is 0 Å². The minimum absolute atomic E-state index is 0.331. The molecule has 20 heavy (non-hydrogen) atoms. The van der Waals surface area contributed by atoms with Gasteiger partial charge in [-0.3, -0.25) is 0 Å². The molecule has 0 radical (unpaired) electrons. The number of ether oxygens (including phenoxy) is 1. The molecule has 0 aromatic heterocycles. The van der Waals surface area contributed by atoms with E-state index in [1.165, 1.54) is 0 Å². The number of benzene rings is 1. The van der Waals surface area contributed by atoms with Crippen molar-refractivity contribution in [2.24, 2.45) is 11.7 Å². The van der Waals surface area contributed by atoms with Crippen molar-refractivity contribution in [3.8, 4) is 0 Å². The normalized spacial score (nSPS) is 22.6. The molecule has 2 atom stereocenters. The van der Waals surface area contributed by atoms with E-state index in [1.54, 1.807) is 0 Å². The fourth-order valence-electron chi connectivity index (χ4n) is 2.45. The van der Waals surface area contributed by atoms with Crippen molar-refractivity contribution in [3.05, 3.63) is 24.3 Å². The Morgan fingerprint density at radius 1 is 1.30 bits per heavy atom. The standard InChI is InChI=1S/C15H23N3O2/c1-10(2)14-9-13(7-8-20-14)17-11-3-5-12(6-4-11)18-15(16)19/h3-6,10,13-14,17H,7-9H2,1-2H3,(H3,16,18,19). The maximum Gasteiger partial charge on any atom is 0.316 e. The summed E-state index contributed by atoms with van der Waals surface area (Å²) in [5, 5.41) is 6.07. The average Bonchev–Trinajstić information content (AvgIpc) is 2.41. The van der Waals surface area contributed by atoms with Gasteiger partial charge in [0.2, 0.25) is 0 Å². The molecule has 5 heteroatoms. The van der Waals surface area contributed by atoms with Gasteiger partial charge >= 0.3 is 6.03 Å². The minimum atomic E-state index is -0.546. The van der Waals surface area contributed by atoms with Crippen LogP contribution in [0.25, 0.3) is 0 Å². The van der Waals surface area contributed by atoms with Gasteiger partial charge in [0.15, 0.2) is 0 Å². The van der Waals surface area contributed by atoms with Crippen LogP contribution in [-0.2, 0) is 4.74 Å². The molecule has 1 heterocycles. The zero-order valence-electron chi connectivity index (χ0n) is 12.1. The van der Waals surface area contributed by atoms with Crippen molar-refractivity contribution in [1.29, 1.82) is 0 Å². The highest BCUT2D eigenvalue weighted by atomic mass is 16.5. The molecule has 1 aliphatic rings. The van der Waals surface area contributed by atoms with E-state index < -0.39 is 6.03 Å². The van der Waals surface area contributed by atoms with E-state index in [4.69, 9.17) is 10.5 Å². The molecular formula is C15H23N3O2. The largest absolute Gasteiger partial charge is 0.382 e. The van der Waals surface area contributed by atoms with Gasteiger partial charge in [0.05, 0.1) is 6.10 Å². The van der Waals surface area contributed by atoms with Crippen molar-refractivity contribution >= 4 is 17.4 Å². The van der Waals surface area contributed by atoms with Crippen molar-refractivity contribution in [2.75, 3.05) is 17.2 Å². The van der Waals surface area contributed by atoms with E-state index in [2.05, 4.69) is 24.5 Å². The number of urea groups is 1. The van der Waals surface area contributed by atoms with Crippen LogP contribution in [0.4, 0.5) is 16.2 Å². The summed E-state index contributed by atoms with van der Waals surface area (Å²) in [5.41, 5.74) is 6.83. The SMILES string of the molecule is CC(C)C1CC(Nc2ccc(NC(N)=O)cc2)CCO1. The summed E-state index contributed by atoms with van der Waals surface area (Å²) < 4.78 is 5.77. The lowest BCUT2D eigenvalue weighted by atomic mass is 9.95. The Balaban J connectivity index is 1.91. The second kappa shape index (κ2) is 6.61. The number of amides is 2. The van der Waals surface area contributed by atoms with Crippen LogP contribution < -0.4 is 16.4 Å². The first-order valence-electron chi connectivity index (χ1n) is 7.09. The van der Waals surface area contributed by atoms with E-state index >= 15 is 0 Å². The Hall–Kier alpha value is -1.75. The predicted molar refractivity (Wildman–Crippen MR) is 80.9 cm³/mol. The van der Waals surface area contributed by atoms with E-state index in [0.29, 0.717) is 23.8 Å². The van der Waals surface area contributed by atoms with Crippen LogP contribution in [0.2, 0.25) is 0 Å². The van der Waals surface area contributed by atoms with Crippen LogP contribution in [0.5, 0.6) is 0 Å². The van der Waals surface area contributed by atoms with E-state index in [0.717, 1.165) is 25.1 Å². The first-order chi connectivity index (χ1) is 9.54. The number of nitrogens with one attached hydrogen (secondary N) is 2. The predicted octanol–water partition coefficient (Wildman–Crippen LogP) is 2.79. The van der Waals surface area contributed by atoms with Crippen LogP contribution in [0.3, 0.4) is 0 Å². The highest BCUT2D eigenvalue weighted by Gasteiger charge is 2.24. The maximum atomic E-state index is 10.8. The number of carbonyl (C=O) groups is 1. The zero-order chi connectivity index (χ0) is 14.5. The Bertz CT molecular complexity index is 445. The van der Waals surface area contributed by atoms with Gasteiger partial charge in [-0.05, 0) is 43.0 Å². The van der Waals surface area contributed by atoms with Crippen molar-refractivity contribution in [2.45, 2.75) is 38.8 Å². The Kier molecular flexibility index (Phi) is 4.84. The number of primary amides is 1. The number of hydrogen-bond acceptors (Lipinski definition) is 3. The number of hydrogen-bond donors (Lipinski definition) is 3. The van der Waals surface area contributed by atoms with Gasteiger partial charge in [-0.2, -0.15) is 0 Å². The van der Waals surface area contributed by atoms with E-state index in [-0.39, 0.29) is 0 Å². The van der Waals surface area contributed by atoms with E-state index in [9.17, 15) is 4.79 Å². The Morgan fingerprint density at radius 3 is 2.55 bits per heavy atom. The number of rotatable bonds is 4. The first kappa shape index (κ1) is 14.7. The average molecular weight is 277 g/mol. The second-order valence-electron chi connectivity index (χ2n) is 5.59. The van der Waals surface area contributed by atoms with Gasteiger partial charge in [-0.1, -0.05) is 13.8 Å². The molecule has 4 N–H and O–H groups in total. The van der Waals surface area contributed by atoms with Crippen LogP contribution in [-0.4, -0.2) is 24.8 Å². The lowest BCUT2D eigenvalue weighted by Gasteiger charge is -2.33. The topological polar surface area (TPSA) is 76.4 Å². The third-order valence-electron chi connectivity index (χ3n) is 3.58. The third-order valence-corrected chi connectivity index (χ3v) is 3.58. The molecule has 1 aromatic rings. The van der Waals surface area contributed by atoms with Gasteiger partial charge < -0.3 is 21.1 Å². The van der Waals surface area contributed by atoms with Crippen molar-refractivity contribution < 1.29 is 9.53 Å². The fraction of sp³-hybridized carbons (Fsp3) is 0.533. The molecule has 2 rings (SSSR count). The third kappa shape index (κ3) is 4.13. The van der Waals surface area contributed by atoms with Gasteiger partial charge in [-0.15, -0.1) is 0 Å². The molecule has 0 spiro atoms. The quantitative estimate of drug-likeness (QED) is 0.792. The summed E-state index contributed by atoms with van der Waals surface area (Å²) in [6, 6.07) is 7.47. The fourth-order valence-corrected chi connectivity index (χ4v) is 2.45. The molecule has 1 aromatic carbocycles. The summed E-state index contributed by atoms with van der Waals surface area (Å²) in [5.74, 6) is 0.543. The van der Waals surface area contributed by atoms with Gasteiger partial charge in [-0.25, -0.2) is 4.79 Å². The van der Waals surface area contributed by atoms with Crippen LogP contribution in [0.1, 0.15) is 26.7 Å². The molecule has 0 saturated carbocycles. The van der Waals surface area contributed by atoms with Gasteiger partial charge in [0.1, 0.15) is 0 Å². The second-order valence-corrected chi connectivity index (χ2v) is 5.59. The number of anilines is 2. The monoisotopic (exact) mass is 277 g/mol. The maximum absolute atomic E-state index is 10.8. The van der Waals surface area contributed by atoms with Crippen LogP contribution >= 0.6 is 0 Å². The molecule has 1 fully saturated rings. The van der Waals surface area contributed by atoms with Gasteiger partial charge in [0, 0.05) is 24.0 Å². The highest BCUT2D eigenvalue weighted by molar-refractivity contribution is 5.87. The molecule has 0 bridgehead atoms. The molecular weight excluding hydrogens is 254 g/mol. The highest BCUT2D eigenvalue weighted by Crippen LogP contribution is 2.23. The first-order valence-corrected chi connectivity index (χ1v) is 7.09. The summed E-state index contributed by atoms with van der Waals surface area (Å²) in [6.45, 7) is 5.19. The molecule has 0 aliphatic carbocycles.